The Balaban J connectivity index is 1.98. The molecule has 0 aliphatic carbocycles. The van der Waals surface area contributed by atoms with E-state index >= 15 is 0 Å². The van der Waals surface area contributed by atoms with Crippen molar-refractivity contribution in [1.29, 1.82) is 0 Å². The minimum Gasteiger partial charge on any atom is -0.306 e. The molecular formula is C14H10BrFN2. The van der Waals surface area contributed by atoms with E-state index in [1.165, 1.54) is 6.07 Å². The molecule has 0 saturated carbocycles. The number of pyridine rings is 1. The molecule has 18 heavy (non-hydrogen) atoms. The highest BCUT2D eigenvalue weighted by Crippen LogP contribution is 2.18. The van der Waals surface area contributed by atoms with Crippen molar-refractivity contribution < 1.29 is 4.39 Å². The quantitative estimate of drug-likeness (QED) is 0.703. The van der Waals surface area contributed by atoms with Gasteiger partial charge in [-0.15, -0.1) is 0 Å². The van der Waals surface area contributed by atoms with E-state index in [0.717, 1.165) is 21.4 Å². The number of nitrogens with zero attached hydrogens (tertiary/aromatic N) is 2. The monoisotopic (exact) mass is 304 g/mol. The molecule has 0 spiro atoms. The van der Waals surface area contributed by atoms with Crippen LogP contribution in [0.15, 0.2) is 53.3 Å². The molecule has 0 saturated heterocycles. The summed E-state index contributed by atoms with van der Waals surface area (Å²) in [6.45, 7) is 0. The maximum atomic E-state index is 13.1. The van der Waals surface area contributed by atoms with Crippen LogP contribution in [0.5, 0.6) is 0 Å². The summed E-state index contributed by atoms with van der Waals surface area (Å²) in [6.07, 6.45) is 4.54. The van der Waals surface area contributed by atoms with Crippen LogP contribution in [0.25, 0.3) is 5.65 Å². The van der Waals surface area contributed by atoms with Crippen LogP contribution >= 0.6 is 15.9 Å². The normalized spacial score (nSPS) is 11.0. The smallest absolute Gasteiger partial charge is 0.151 e. The van der Waals surface area contributed by atoms with Gasteiger partial charge in [0.2, 0.25) is 0 Å². The highest BCUT2D eigenvalue weighted by Gasteiger charge is 2.05. The Hall–Kier alpha value is -1.68. The highest BCUT2D eigenvalue weighted by molar-refractivity contribution is 9.10. The fourth-order valence-electron chi connectivity index (χ4n) is 1.97. The molecule has 0 atom stereocenters. The maximum absolute atomic E-state index is 13.1. The van der Waals surface area contributed by atoms with Crippen LogP contribution in [-0.2, 0) is 6.42 Å². The topological polar surface area (TPSA) is 17.3 Å². The second-order valence-electron chi connectivity index (χ2n) is 4.13. The zero-order valence-corrected chi connectivity index (χ0v) is 11.1. The molecule has 0 bridgehead atoms. The first-order valence-electron chi connectivity index (χ1n) is 5.59. The lowest BCUT2D eigenvalue weighted by Crippen LogP contribution is -1.88. The van der Waals surface area contributed by atoms with Gasteiger partial charge in [-0.1, -0.05) is 12.1 Å². The zero-order chi connectivity index (χ0) is 12.5. The Morgan fingerprint density at radius 3 is 2.89 bits per heavy atom. The summed E-state index contributed by atoms with van der Waals surface area (Å²) in [5, 5.41) is 0. The van der Waals surface area contributed by atoms with Gasteiger partial charge >= 0.3 is 0 Å². The Labute approximate surface area is 112 Å². The second-order valence-corrected chi connectivity index (χ2v) is 4.98. The number of benzene rings is 1. The first-order chi connectivity index (χ1) is 8.72. The van der Waals surface area contributed by atoms with E-state index in [1.807, 2.05) is 35.0 Å². The molecular weight excluding hydrogens is 295 g/mol. The molecule has 90 valence electrons. The number of imidazole rings is 1. The number of fused-ring (bicyclic) bond motifs is 1. The van der Waals surface area contributed by atoms with Crippen molar-refractivity contribution in [2.75, 3.05) is 0 Å². The minimum atomic E-state index is -0.211. The van der Waals surface area contributed by atoms with E-state index < -0.39 is 0 Å². The zero-order valence-electron chi connectivity index (χ0n) is 9.48. The van der Waals surface area contributed by atoms with Crippen molar-refractivity contribution in [3.05, 3.63) is 70.3 Å². The highest BCUT2D eigenvalue weighted by atomic mass is 79.9. The molecule has 0 radical (unpaired) electrons. The third-order valence-corrected chi connectivity index (χ3v) is 3.38. The average molecular weight is 305 g/mol. The Morgan fingerprint density at radius 1 is 1.22 bits per heavy atom. The Bertz CT molecular complexity index is 706. The van der Waals surface area contributed by atoms with E-state index in [4.69, 9.17) is 0 Å². The standard InChI is InChI=1S/C14H10BrFN2/c15-13-5-2-6-18-9-12(17-14(13)18)8-10-3-1-4-11(16)7-10/h1-7,9H,8H2. The van der Waals surface area contributed by atoms with E-state index in [2.05, 4.69) is 20.9 Å². The largest absolute Gasteiger partial charge is 0.306 e. The van der Waals surface area contributed by atoms with Gasteiger partial charge in [-0.3, -0.25) is 0 Å². The lowest BCUT2D eigenvalue weighted by atomic mass is 10.1. The molecule has 2 nitrogen and oxygen atoms in total. The number of rotatable bonds is 2. The molecule has 4 heteroatoms. The predicted octanol–water partition coefficient (Wildman–Crippen LogP) is 3.83. The first kappa shape index (κ1) is 11.4. The van der Waals surface area contributed by atoms with E-state index in [1.54, 1.807) is 12.1 Å². The van der Waals surface area contributed by atoms with Gasteiger partial charge in [0.1, 0.15) is 5.82 Å². The molecule has 1 aromatic carbocycles. The van der Waals surface area contributed by atoms with Crippen LogP contribution in [0.4, 0.5) is 4.39 Å². The third kappa shape index (κ3) is 2.16. The van der Waals surface area contributed by atoms with Crippen LogP contribution in [0.2, 0.25) is 0 Å². The van der Waals surface area contributed by atoms with Gasteiger partial charge in [-0.2, -0.15) is 0 Å². The van der Waals surface area contributed by atoms with Crippen molar-refractivity contribution in [3.8, 4) is 0 Å². The number of halogens is 2. The molecule has 0 unspecified atom stereocenters. The molecule has 0 fully saturated rings. The summed E-state index contributed by atoms with van der Waals surface area (Å²) in [5.41, 5.74) is 2.73. The van der Waals surface area contributed by atoms with Gasteiger partial charge in [0.15, 0.2) is 5.65 Å². The summed E-state index contributed by atoms with van der Waals surface area (Å²) >= 11 is 3.46. The summed E-state index contributed by atoms with van der Waals surface area (Å²) < 4.78 is 16.0. The fraction of sp³-hybridized carbons (Fsp3) is 0.0714. The molecule has 2 heterocycles. The van der Waals surface area contributed by atoms with E-state index in [-0.39, 0.29) is 5.82 Å². The molecule has 3 aromatic rings. The summed E-state index contributed by atoms with van der Waals surface area (Å²) in [4.78, 5) is 4.53. The van der Waals surface area contributed by atoms with Crippen molar-refractivity contribution in [2.45, 2.75) is 6.42 Å². The van der Waals surface area contributed by atoms with Gasteiger partial charge in [-0.25, -0.2) is 9.37 Å². The maximum Gasteiger partial charge on any atom is 0.151 e. The fourth-order valence-corrected chi connectivity index (χ4v) is 2.42. The number of aromatic nitrogens is 2. The third-order valence-electron chi connectivity index (χ3n) is 2.76. The van der Waals surface area contributed by atoms with Gasteiger partial charge in [0.25, 0.3) is 0 Å². The SMILES string of the molecule is Fc1cccc(Cc2cn3cccc(Br)c3n2)c1. The van der Waals surface area contributed by atoms with Crippen molar-refractivity contribution >= 4 is 21.6 Å². The van der Waals surface area contributed by atoms with Crippen LogP contribution in [-0.4, -0.2) is 9.38 Å². The van der Waals surface area contributed by atoms with E-state index in [9.17, 15) is 4.39 Å². The van der Waals surface area contributed by atoms with Crippen molar-refractivity contribution in [2.24, 2.45) is 0 Å². The second kappa shape index (κ2) is 4.53. The molecule has 0 aliphatic rings. The Morgan fingerprint density at radius 2 is 2.11 bits per heavy atom. The van der Waals surface area contributed by atoms with Crippen molar-refractivity contribution in [1.82, 2.24) is 9.38 Å². The molecule has 0 aliphatic heterocycles. The van der Waals surface area contributed by atoms with Crippen LogP contribution in [0, 0.1) is 5.82 Å². The van der Waals surface area contributed by atoms with Gasteiger partial charge in [0.05, 0.1) is 10.2 Å². The number of hydrogen-bond donors (Lipinski definition) is 0. The minimum absolute atomic E-state index is 0.211. The van der Waals surface area contributed by atoms with Crippen LogP contribution in [0.1, 0.15) is 11.3 Å². The summed E-state index contributed by atoms with van der Waals surface area (Å²) in [6, 6.07) is 10.5. The lowest BCUT2D eigenvalue weighted by Gasteiger charge is -1.97. The molecule has 0 N–H and O–H groups in total. The Kier molecular flexibility index (Phi) is 2.88. The van der Waals surface area contributed by atoms with E-state index in [0.29, 0.717) is 6.42 Å². The summed E-state index contributed by atoms with van der Waals surface area (Å²) in [5.74, 6) is -0.211. The average Bonchev–Trinajstić information content (AvgIpc) is 2.73. The lowest BCUT2D eigenvalue weighted by molar-refractivity contribution is 0.626. The molecule has 2 aromatic heterocycles. The van der Waals surface area contributed by atoms with Gasteiger partial charge in [0, 0.05) is 18.8 Å². The van der Waals surface area contributed by atoms with Gasteiger partial charge < -0.3 is 4.40 Å². The summed E-state index contributed by atoms with van der Waals surface area (Å²) in [7, 11) is 0. The first-order valence-corrected chi connectivity index (χ1v) is 6.38. The molecule has 3 rings (SSSR count). The van der Waals surface area contributed by atoms with Crippen molar-refractivity contribution in [3.63, 3.8) is 0 Å². The number of hydrogen-bond acceptors (Lipinski definition) is 1. The van der Waals surface area contributed by atoms with Crippen LogP contribution in [0.3, 0.4) is 0 Å². The van der Waals surface area contributed by atoms with Crippen LogP contribution < -0.4 is 0 Å². The van der Waals surface area contributed by atoms with Gasteiger partial charge in [-0.05, 0) is 45.8 Å². The molecule has 0 amide bonds. The predicted molar refractivity (Wildman–Crippen MR) is 72.1 cm³/mol.